The summed E-state index contributed by atoms with van der Waals surface area (Å²) in [5, 5.41) is 4.59. The van der Waals surface area contributed by atoms with E-state index in [1.807, 2.05) is 12.1 Å². The van der Waals surface area contributed by atoms with Crippen LogP contribution < -0.4 is 15.1 Å². The molecule has 2 saturated heterocycles. The molecule has 2 aliphatic heterocycles. The number of hydrogen-bond acceptors (Lipinski definition) is 5. The molecule has 6 heteroatoms. The summed E-state index contributed by atoms with van der Waals surface area (Å²) in [6.07, 6.45) is 2.59. The topological polar surface area (TPSA) is 54.7 Å². The number of quaternary nitrogens is 1. The molecule has 0 spiro atoms. The number of likely N-dealkylation sites (N-methyl/N-ethyl adjacent to an activating group) is 1. The maximum atomic E-state index is 5.73. The summed E-state index contributed by atoms with van der Waals surface area (Å²) in [6.45, 7) is 5.98. The standard InChI is InChI=1S/C18H25N5O/c1-22-8-10-23(11-9-22)18-20-16-7-3-2-6-15(16)17(21-18)19-13-14-5-4-12-24-14/h2-3,6-7,14H,4-5,8-13H2,1H3,(H,19,20,21)/p+1/t14-/m0/s1. The highest BCUT2D eigenvalue weighted by Gasteiger charge is 2.21. The Morgan fingerprint density at radius 1 is 1.25 bits per heavy atom. The fraction of sp³-hybridized carbons (Fsp3) is 0.556. The first kappa shape index (κ1) is 15.6. The Kier molecular flexibility index (Phi) is 4.49. The number of fused-ring (bicyclic) bond motifs is 1. The van der Waals surface area contributed by atoms with Crippen LogP contribution in [0.1, 0.15) is 12.8 Å². The van der Waals surface area contributed by atoms with E-state index in [1.165, 1.54) is 0 Å². The number of benzene rings is 1. The van der Waals surface area contributed by atoms with Crippen molar-refractivity contribution in [2.75, 3.05) is 56.6 Å². The second kappa shape index (κ2) is 6.91. The minimum absolute atomic E-state index is 0.300. The van der Waals surface area contributed by atoms with Crippen LogP contribution in [0.25, 0.3) is 10.9 Å². The summed E-state index contributed by atoms with van der Waals surface area (Å²) < 4.78 is 5.73. The number of rotatable bonds is 4. The molecular weight excluding hydrogens is 302 g/mol. The molecule has 2 fully saturated rings. The van der Waals surface area contributed by atoms with Crippen LogP contribution in [0.15, 0.2) is 24.3 Å². The molecule has 4 rings (SSSR count). The number of piperazine rings is 1. The van der Waals surface area contributed by atoms with Crippen LogP contribution in [-0.2, 0) is 4.74 Å². The molecule has 1 atom stereocenters. The van der Waals surface area contributed by atoms with Crippen molar-refractivity contribution in [2.24, 2.45) is 0 Å². The Labute approximate surface area is 142 Å². The Morgan fingerprint density at radius 3 is 2.88 bits per heavy atom. The number of nitrogens with one attached hydrogen (secondary N) is 2. The van der Waals surface area contributed by atoms with Crippen molar-refractivity contribution in [3.8, 4) is 0 Å². The van der Waals surface area contributed by atoms with Gasteiger partial charge >= 0.3 is 0 Å². The Bertz CT molecular complexity index is 693. The molecule has 24 heavy (non-hydrogen) atoms. The monoisotopic (exact) mass is 328 g/mol. The van der Waals surface area contributed by atoms with E-state index in [4.69, 9.17) is 14.7 Å². The lowest BCUT2D eigenvalue weighted by Gasteiger charge is -2.30. The number of ether oxygens (including phenoxy) is 1. The molecule has 0 radical (unpaired) electrons. The van der Waals surface area contributed by atoms with E-state index in [1.54, 1.807) is 4.90 Å². The molecule has 0 saturated carbocycles. The van der Waals surface area contributed by atoms with Crippen LogP contribution in [0, 0.1) is 0 Å². The number of aromatic nitrogens is 2. The van der Waals surface area contributed by atoms with E-state index in [-0.39, 0.29) is 0 Å². The lowest BCUT2D eigenvalue weighted by molar-refractivity contribution is -0.880. The fourth-order valence-corrected chi connectivity index (χ4v) is 3.44. The first-order valence-electron chi connectivity index (χ1n) is 8.98. The molecule has 3 heterocycles. The van der Waals surface area contributed by atoms with E-state index in [2.05, 4.69) is 29.4 Å². The van der Waals surface area contributed by atoms with E-state index in [0.29, 0.717) is 6.10 Å². The minimum atomic E-state index is 0.300. The van der Waals surface area contributed by atoms with Gasteiger partial charge in [-0.3, -0.25) is 0 Å². The summed E-state index contributed by atoms with van der Waals surface area (Å²) in [5.74, 6) is 1.77. The minimum Gasteiger partial charge on any atom is -0.376 e. The molecular formula is C18H26N5O+. The highest BCUT2D eigenvalue weighted by molar-refractivity contribution is 5.90. The Hall–Kier alpha value is -1.92. The van der Waals surface area contributed by atoms with Crippen molar-refractivity contribution in [2.45, 2.75) is 18.9 Å². The summed E-state index contributed by atoms with van der Waals surface area (Å²) in [7, 11) is 2.24. The summed E-state index contributed by atoms with van der Waals surface area (Å²) in [6, 6.07) is 8.24. The highest BCUT2D eigenvalue weighted by Crippen LogP contribution is 2.24. The third-order valence-corrected chi connectivity index (χ3v) is 5.01. The zero-order valence-corrected chi connectivity index (χ0v) is 14.3. The van der Waals surface area contributed by atoms with Crippen LogP contribution in [-0.4, -0.2) is 62.5 Å². The van der Waals surface area contributed by atoms with Crippen LogP contribution in [0.3, 0.4) is 0 Å². The predicted molar refractivity (Wildman–Crippen MR) is 95.8 cm³/mol. The van der Waals surface area contributed by atoms with Crippen LogP contribution in [0.2, 0.25) is 0 Å². The second-order valence-corrected chi connectivity index (χ2v) is 6.85. The molecule has 6 nitrogen and oxygen atoms in total. The van der Waals surface area contributed by atoms with Crippen LogP contribution in [0.5, 0.6) is 0 Å². The molecule has 0 unspecified atom stereocenters. The van der Waals surface area contributed by atoms with Crippen molar-refractivity contribution in [3.05, 3.63) is 24.3 Å². The maximum absolute atomic E-state index is 5.73. The Morgan fingerprint density at radius 2 is 2.08 bits per heavy atom. The van der Waals surface area contributed by atoms with Crippen molar-refractivity contribution < 1.29 is 9.64 Å². The van der Waals surface area contributed by atoms with Crippen molar-refractivity contribution in [3.63, 3.8) is 0 Å². The highest BCUT2D eigenvalue weighted by atomic mass is 16.5. The van der Waals surface area contributed by atoms with E-state index < -0.39 is 0 Å². The number of hydrogen-bond donors (Lipinski definition) is 2. The molecule has 0 bridgehead atoms. The molecule has 2 aliphatic rings. The molecule has 1 aromatic carbocycles. The predicted octanol–water partition coefficient (Wildman–Crippen LogP) is 0.555. The first-order chi connectivity index (χ1) is 11.8. The van der Waals surface area contributed by atoms with Gasteiger partial charge in [0.05, 0.1) is 44.8 Å². The lowest BCUT2D eigenvalue weighted by atomic mass is 10.2. The third-order valence-electron chi connectivity index (χ3n) is 5.01. The Balaban J connectivity index is 1.60. The molecule has 1 aromatic heterocycles. The van der Waals surface area contributed by atoms with Gasteiger partial charge in [0.2, 0.25) is 5.95 Å². The molecule has 0 aliphatic carbocycles. The van der Waals surface area contributed by atoms with Gasteiger partial charge in [-0.15, -0.1) is 0 Å². The van der Waals surface area contributed by atoms with Gasteiger partial charge in [0.15, 0.2) is 0 Å². The van der Waals surface area contributed by atoms with Gasteiger partial charge in [-0.2, -0.15) is 4.98 Å². The number of anilines is 2. The average molecular weight is 328 g/mol. The molecule has 2 aromatic rings. The summed E-state index contributed by atoms with van der Waals surface area (Å²) in [5.41, 5.74) is 1.00. The molecule has 128 valence electrons. The quantitative estimate of drug-likeness (QED) is 0.859. The van der Waals surface area contributed by atoms with Gasteiger partial charge in [0.1, 0.15) is 5.82 Å². The van der Waals surface area contributed by atoms with Gasteiger partial charge in [-0.1, -0.05) is 12.1 Å². The summed E-state index contributed by atoms with van der Waals surface area (Å²) >= 11 is 0. The van der Waals surface area contributed by atoms with E-state index in [9.17, 15) is 0 Å². The first-order valence-corrected chi connectivity index (χ1v) is 8.98. The lowest BCUT2D eigenvalue weighted by Crippen LogP contribution is -3.12. The maximum Gasteiger partial charge on any atom is 0.228 e. The van der Waals surface area contributed by atoms with E-state index in [0.717, 1.165) is 74.8 Å². The van der Waals surface area contributed by atoms with Gasteiger partial charge in [0.25, 0.3) is 0 Å². The smallest absolute Gasteiger partial charge is 0.228 e. The largest absolute Gasteiger partial charge is 0.376 e. The number of para-hydroxylation sites is 1. The van der Waals surface area contributed by atoms with Gasteiger partial charge in [-0.25, -0.2) is 4.98 Å². The van der Waals surface area contributed by atoms with Gasteiger partial charge < -0.3 is 19.9 Å². The summed E-state index contributed by atoms with van der Waals surface area (Å²) in [4.78, 5) is 13.5. The number of nitrogens with zero attached hydrogens (tertiary/aromatic N) is 3. The van der Waals surface area contributed by atoms with Crippen molar-refractivity contribution >= 4 is 22.7 Å². The SMILES string of the molecule is C[NH+]1CCN(c2nc(NC[C@@H]3CCCO3)c3ccccc3n2)CC1. The van der Waals surface area contributed by atoms with Crippen molar-refractivity contribution in [1.29, 1.82) is 0 Å². The average Bonchev–Trinajstić information content (AvgIpc) is 3.13. The normalized spacial score (nSPS) is 22.2. The molecule has 2 N–H and O–H groups in total. The zero-order valence-electron chi connectivity index (χ0n) is 14.3. The fourth-order valence-electron chi connectivity index (χ4n) is 3.44. The third kappa shape index (κ3) is 3.30. The second-order valence-electron chi connectivity index (χ2n) is 6.85. The van der Waals surface area contributed by atoms with Crippen LogP contribution in [0.4, 0.5) is 11.8 Å². The van der Waals surface area contributed by atoms with Crippen molar-refractivity contribution in [1.82, 2.24) is 9.97 Å². The molecule has 0 amide bonds. The van der Waals surface area contributed by atoms with E-state index >= 15 is 0 Å². The van der Waals surface area contributed by atoms with Gasteiger partial charge in [0, 0.05) is 18.5 Å². The van der Waals surface area contributed by atoms with Crippen LogP contribution >= 0.6 is 0 Å². The zero-order chi connectivity index (χ0) is 16.4. The van der Waals surface area contributed by atoms with Gasteiger partial charge in [-0.05, 0) is 25.0 Å².